The number of hydrogen-bond acceptors (Lipinski definition) is 4. The van der Waals surface area contributed by atoms with Crippen LogP contribution >= 0.6 is 0 Å². The van der Waals surface area contributed by atoms with E-state index in [4.69, 9.17) is 15.0 Å². The van der Waals surface area contributed by atoms with Crippen LogP contribution in [0, 0.1) is 11.3 Å². The number of guanidine groups is 1. The molecule has 0 amide bonds. The number of nitriles is 1. The van der Waals surface area contributed by atoms with Crippen LogP contribution in [0.1, 0.15) is 42.5 Å². The van der Waals surface area contributed by atoms with Gasteiger partial charge in [-0.2, -0.15) is 5.26 Å². The fraction of sp³-hybridized carbons (Fsp3) is 0.417. The van der Waals surface area contributed by atoms with Gasteiger partial charge >= 0.3 is 0 Å². The second-order valence-electron chi connectivity index (χ2n) is 7.39. The van der Waals surface area contributed by atoms with Crippen LogP contribution in [-0.2, 0) is 6.54 Å². The van der Waals surface area contributed by atoms with Crippen molar-refractivity contribution in [2.45, 2.75) is 32.4 Å². The first kappa shape index (κ1) is 21.7. The third kappa shape index (κ3) is 5.74. The monoisotopic (exact) mass is 405 g/mol. The zero-order valence-corrected chi connectivity index (χ0v) is 17.9. The topological polar surface area (TPSA) is 72.7 Å². The Balaban J connectivity index is 1.72. The first-order valence-corrected chi connectivity index (χ1v) is 10.6. The molecule has 6 heteroatoms. The van der Waals surface area contributed by atoms with Gasteiger partial charge in [-0.25, -0.2) is 4.99 Å². The second-order valence-corrected chi connectivity index (χ2v) is 7.39. The Morgan fingerprint density at radius 2 is 1.87 bits per heavy atom. The number of hydrogen-bond donors (Lipinski definition) is 2. The molecule has 1 unspecified atom stereocenters. The van der Waals surface area contributed by atoms with Gasteiger partial charge in [-0.05, 0) is 56.6 Å². The van der Waals surface area contributed by atoms with Crippen LogP contribution in [0.5, 0.6) is 5.75 Å². The minimum absolute atomic E-state index is 0.224. The van der Waals surface area contributed by atoms with E-state index >= 15 is 0 Å². The van der Waals surface area contributed by atoms with Gasteiger partial charge in [0.2, 0.25) is 0 Å². The number of nitrogens with one attached hydrogen (secondary N) is 2. The Labute approximate surface area is 179 Å². The number of benzene rings is 2. The summed E-state index contributed by atoms with van der Waals surface area (Å²) in [5.41, 5.74) is 2.95. The first-order chi connectivity index (χ1) is 14.7. The Bertz CT molecular complexity index is 866. The molecule has 0 spiro atoms. The van der Waals surface area contributed by atoms with Gasteiger partial charge in [0.05, 0.1) is 31.3 Å². The molecule has 1 aliphatic rings. The SMILES string of the molecule is CCNC(=NCc1ccc(C#N)cc1)NCC(c1ccccc1OC)N1CCCC1. The van der Waals surface area contributed by atoms with Gasteiger partial charge in [-0.3, -0.25) is 4.90 Å². The maximum absolute atomic E-state index is 8.95. The van der Waals surface area contributed by atoms with Crippen LogP contribution in [0.15, 0.2) is 53.5 Å². The molecule has 1 aliphatic heterocycles. The van der Waals surface area contributed by atoms with Crippen molar-refractivity contribution < 1.29 is 4.74 Å². The molecule has 3 rings (SSSR count). The molecule has 1 saturated heterocycles. The maximum Gasteiger partial charge on any atom is 0.191 e. The largest absolute Gasteiger partial charge is 0.496 e. The second kappa shape index (κ2) is 11.2. The molecule has 0 aliphatic carbocycles. The van der Waals surface area contributed by atoms with Crippen molar-refractivity contribution in [2.75, 3.05) is 33.3 Å². The Morgan fingerprint density at radius 3 is 2.53 bits per heavy atom. The van der Waals surface area contributed by atoms with E-state index in [1.165, 1.54) is 18.4 Å². The molecule has 0 aromatic heterocycles. The highest BCUT2D eigenvalue weighted by Gasteiger charge is 2.26. The number of ether oxygens (including phenoxy) is 1. The number of nitrogens with zero attached hydrogens (tertiary/aromatic N) is 3. The average Bonchev–Trinajstić information content (AvgIpc) is 3.33. The molecule has 6 nitrogen and oxygen atoms in total. The van der Waals surface area contributed by atoms with Crippen LogP contribution in [0.4, 0.5) is 0 Å². The predicted molar refractivity (Wildman–Crippen MR) is 121 cm³/mol. The Morgan fingerprint density at radius 1 is 1.13 bits per heavy atom. The van der Waals surface area contributed by atoms with Gasteiger partial charge in [0.1, 0.15) is 5.75 Å². The van der Waals surface area contributed by atoms with Gasteiger partial charge in [0.15, 0.2) is 5.96 Å². The molecule has 30 heavy (non-hydrogen) atoms. The van der Waals surface area contributed by atoms with Gasteiger partial charge in [-0.1, -0.05) is 30.3 Å². The van der Waals surface area contributed by atoms with Crippen molar-refractivity contribution in [3.05, 3.63) is 65.2 Å². The van der Waals surface area contributed by atoms with Crippen molar-refractivity contribution in [1.29, 1.82) is 5.26 Å². The van der Waals surface area contributed by atoms with E-state index in [2.05, 4.69) is 40.7 Å². The summed E-state index contributed by atoms with van der Waals surface area (Å²) >= 11 is 0. The van der Waals surface area contributed by atoms with Crippen molar-refractivity contribution in [3.8, 4) is 11.8 Å². The van der Waals surface area contributed by atoms with Crippen LogP contribution in [0.3, 0.4) is 0 Å². The first-order valence-electron chi connectivity index (χ1n) is 10.6. The molecular weight excluding hydrogens is 374 g/mol. The molecule has 2 aromatic carbocycles. The van der Waals surface area contributed by atoms with E-state index in [-0.39, 0.29) is 6.04 Å². The van der Waals surface area contributed by atoms with E-state index < -0.39 is 0 Å². The number of aliphatic imine (C=N–C) groups is 1. The van der Waals surface area contributed by atoms with Crippen molar-refractivity contribution >= 4 is 5.96 Å². The zero-order valence-electron chi connectivity index (χ0n) is 17.9. The average molecular weight is 406 g/mol. The van der Waals surface area contributed by atoms with Gasteiger partial charge in [0.25, 0.3) is 0 Å². The van der Waals surface area contributed by atoms with Gasteiger partial charge in [0, 0.05) is 18.7 Å². The third-order valence-electron chi connectivity index (χ3n) is 5.39. The molecule has 0 bridgehead atoms. The van der Waals surface area contributed by atoms with Crippen molar-refractivity contribution in [2.24, 2.45) is 4.99 Å². The summed E-state index contributed by atoms with van der Waals surface area (Å²) in [6, 6.07) is 18.2. The van der Waals surface area contributed by atoms with Crippen LogP contribution < -0.4 is 15.4 Å². The summed E-state index contributed by atoms with van der Waals surface area (Å²) in [5.74, 6) is 1.72. The Kier molecular flexibility index (Phi) is 8.10. The van der Waals surface area contributed by atoms with Crippen LogP contribution in [0.2, 0.25) is 0 Å². The zero-order chi connectivity index (χ0) is 21.2. The molecule has 158 valence electrons. The molecule has 2 aromatic rings. The lowest BCUT2D eigenvalue weighted by atomic mass is 10.0. The standard InChI is InChI=1S/C24H31N5O/c1-3-26-24(27-17-20-12-10-19(16-25)11-13-20)28-18-22(29-14-6-7-15-29)21-8-4-5-9-23(21)30-2/h4-5,8-13,22H,3,6-7,14-15,17-18H2,1-2H3,(H2,26,27,28). The maximum atomic E-state index is 8.95. The highest BCUT2D eigenvalue weighted by molar-refractivity contribution is 5.79. The number of methoxy groups -OCH3 is 1. The quantitative estimate of drug-likeness (QED) is 0.520. The number of likely N-dealkylation sites (tertiary alicyclic amines) is 1. The lowest BCUT2D eigenvalue weighted by Gasteiger charge is -2.30. The minimum atomic E-state index is 0.224. The lowest BCUT2D eigenvalue weighted by Crippen LogP contribution is -2.42. The molecule has 0 saturated carbocycles. The van der Waals surface area contributed by atoms with E-state index in [0.717, 1.165) is 43.5 Å². The van der Waals surface area contributed by atoms with Crippen molar-refractivity contribution in [1.82, 2.24) is 15.5 Å². The molecule has 2 N–H and O–H groups in total. The third-order valence-corrected chi connectivity index (χ3v) is 5.39. The fourth-order valence-electron chi connectivity index (χ4n) is 3.82. The molecule has 0 radical (unpaired) electrons. The summed E-state index contributed by atoms with van der Waals surface area (Å²) in [4.78, 5) is 7.26. The smallest absolute Gasteiger partial charge is 0.191 e. The minimum Gasteiger partial charge on any atom is -0.496 e. The summed E-state index contributed by atoms with van der Waals surface area (Å²) in [5, 5.41) is 15.8. The predicted octanol–water partition coefficient (Wildman–Crippen LogP) is 3.46. The van der Waals surface area contributed by atoms with E-state index in [1.807, 2.05) is 36.4 Å². The summed E-state index contributed by atoms with van der Waals surface area (Å²) in [6.07, 6.45) is 2.47. The number of para-hydroxylation sites is 1. The van der Waals surface area contributed by atoms with E-state index in [0.29, 0.717) is 12.1 Å². The molecule has 1 fully saturated rings. The lowest BCUT2D eigenvalue weighted by molar-refractivity contribution is 0.239. The van der Waals surface area contributed by atoms with Gasteiger partial charge in [-0.15, -0.1) is 0 Å². The van der Waals surface area contributed by atoms with E-state index in [1.54, 1.807) is 7.11 Å². The molecule has 1 atom stereocenters. The normalized spacial score (nSPS) is 15.4. The van der Waals surface area contributed by atoms with Gasteiger partial charge < -0.3 is 15.4 Å². The highest BCUT2D eigenvalue weighted by atomic mass is 16.5. The van der Waals surface area contributed by atoms with Crippen molar-refractivity contribution in [3.63, 3.8) is 0 Å². The van der Waals surface area contributed by atoms with Crippen LogP contribution in [-0.4, -0.2) is 44.1 Å². The molecular formula is C24H31N5O. The highest BCUT2D eigenvalue weighted by Crippen LogP contribution is 2.31. The summed E-state index contributed by atoms with van der Waals surface area (Å²) < 4.78 is 5.64. The fourth-order valence-corrected chi connectivity index (χ4v) is 3.82. The summed E-state index contributed by atoms with van der Waals surface area (Å²) in [6.45, 7) is 6.37. The summed E-state index contributed by atoms with van der Waals surface area (Å²) in [7, 11) is 1.73. The Hall–Kier alpha value is -3.04. The van der Waals surface area contributed by atoms with Crippen LogP contribution in [0.25, 0.3) is 0 Å². The number of rotatable bonds is 8. The van der Waals surface area contributed by atoms with E-state index in [9.17, 15) is 0 Å². The molecule has 1 heterocycles.